The van der Waals surface area contributed by atoms with Crippen molar-refractivity contribution in [2.24, 2.45) is 0 Å². The van der Waals surface area contributed by atoms with Crippen molar-refractivity contribution in [3.63, 3.8) is 0 Å². The highest BCUT2D eigenvalue weighted by Crippen LogP contribution is 2.14. The Hall–Kier alpha value is -2.27. The molecule has 104 valence electrons. The van der Waals surface area contributed by atoms with Crippen molar-refractivity contribution in [1.82, 2.24) is 4.57 Å². The fourth-order valence-corrected chi connectivity index (χ4v) is 1.84. The smallest absolute Gasteiger partial charge is 0.251 e. The number of nitrogens with one attached hydrogen (secondary N) is 1. The van der Waals surface area contributed by atoms with Gasteiger partial charge in [-0.1, -0.05) is 11.6 Å². The summed E-state index contributed by atoms with van der Waals surface area (Å²) >= 11 is 5.79. The van der Waals surface area contributed by atoms with Gasteiger partial charge in [-0.05, 0) is 30.3 Å². The molecule has 1 aromatic heterocycles. The van der Waals surface area contributed by atoms with E-state index in [2.05, 4.69) is 5.32 Å². The lowest BCUT2D eigenvalue weighted by Gasteiger charge is -2.08. The van der Waals surface area contributed by atoms with Gasteiger partial charge in [0.15, 0.2) is 0 Å². The number of ether oxygens (including phenoxy) is 1. The lowest BCUT2D eigenvalue weighted by molar-refractivity contribution is -0.116. The maximum Gasteiger partial charge on any atom is 0.251 e. The van der Waals surface area contributed by atoms with Crippen LogP contribution in [0.1, 0.15) is 0 Å². The molecule has 0 saturated carbocycles. The average molecular weight is 293 g/mol. The van der Waals surface area contributed by atoms with Crippen molar-refractivity contribution >= 4 is 23.2 Å². The van der Waals surface area contributed by atoms with Gasteiger partial charge in [-0.25, -0.2) is 0 Å². The minimum absolute atomic E-state index is 0.0918. The number of hydrogen-bond acceptors (Lipinski definition) is 3. The van der Waals surface area contributed by atoms with Crippen LogP contribution in [0.15, 0.2) is 47.4 Å². The minimum atomic E-state index is -0.306. The Kier molecular flexibility index (Phi) is 4.42. The number of carbonyl (C=O) groups is 1. The Labute approximate surface area is 120 Å². The number of amides is 1. The topological polar surface area (TPSA) is 60.3 Å². The predicted octanol–water partition coefficient (Wildman–Crippen LogP) is 2.15. The third kappa shape index (κ3) is 3.61. The molecule has 0 unspecified atom stereocenters. The molecule has 0 aliphatic rings. The van der Waals surface area contributed by atoms with E-state index >= 15 is 0 Å². The summed E-state index contributed by atoms with van der Waals surface area (Å²) in [7, 11) is 1.57. The number of aromatic nitrogens is 1. The van der Waals surface area contributed by atoms with E-state index in [1.54, 1.807) is 31.4 Å². The molecule has 2 aromatic rings. The first-order valence-electron chi connectivity index (χ1n) is 5.88. The Balaban J connectivity index is 2.04. The molecule has 0 spiro atoms. The second-order valence-electron chi connectivity index (χ2n) is 4.09. The van der Waals surface area contributed by atoms with Crippen LogP contribution in [0.25, 0.3) is 0 Å². The largest absolute Gasteiger partial charge is 0.497 e. The molecule has 0 saturated heterocycles. The summed E-state index contributed by atoms with van der Waals surface area (Å²) in [5, 5.41) is 3.10. The second kappa shape index (κ2) is 6.25. The normalized spacial score (nSPS) is 10.1. The predicted molar refractivity (Wildman–Crippen MR) is 77.3 cm³/mol. The van der Waals surface area contributed by atoms with Crippen molar-refractivity contribution in [3.05, 3.63) is 58.0 Å². The van der Waals surface area contributed by atoms with Crippen LogP contribution in [0.5, 0.6) is 5.75 Å². The molecule has 0 fully saturated rings. The van der Waals surface area contributed by atoms with Crippen LogP contribution in [0.4, 0.5) is 5.69 Å². The fraction of sp³-hybridized carbons (Fsp3) is 0.143. The van der Waals surface area contributed by atoms with Crippen LogP contribution in [0.3, 0.4) is 0 Å². The summed E-state index contributed by atoms with van der Waals surface area (Å²) in [4.78, 5) is 23.4. The molecule has 0 atom stereocenters. The Morgan fingerprint density at radius 2 is 1.95 bits per heavy atom. The van der Waals surface area contributed by atoms with Crippen molar-refractivity contribution in [2.45, 2.75) is 6.54 Å². The van der Waals surface area contributed by atoms with Crippen LogP contribution in [-0.4, -0.2) is 17.6 Å². The zero-order chi connectivity index (χ0) is 14.5. The van der Waals surface area contributed by atoms with Crippen LogP contribution in [0.2, 0.25) is 5.02 Å². The quantitative estimate of drug-likeness (QED) is 0.939. The van der Waals surface area contributed by atoms with Crippen LogP contribution >= 0.6 is 11.6 Å². The maximum absolute atomic E-state index is 11.9. The monoisotopic (exact) mass is 292 g/mol. The van der Waals surface area contributed by atoms with Crippen molar-refractivity contribution in [1.29, 1.82) is 0 Å². The lowest BCUT2D eigenvalue weighted by atomic mass is 10.3. The third-order valence-corrected chi connectivity index (χ3v) is 2.86. The molecule has 1 amide bonds. The van der Waals surface area contributed by atoms with E-state index in [9.17, 15) is 9.59 Å². The molecule has 5 nitrogen and oxygen atoms in total. The second-order valence-corrected chi connectivity index (χ2v) is 4.53. The molecule has 6 heteroatoms. The standard InChI is InChI=1S/C14H13ClN2O3/c1-20-12-5-3-11(4-6-12)16-13(18)9-17-8-10(15)2-7-14(17)19/h2-8H,9H2,1H3,(H,16,18). The van der Waals surface area contributed by atoms with E-state index in [-0.39, 0.29) is 18.0 Å². The lowest BCUT2D eigenvalue weighted by Crippen LogP contribution is -2.26. The Morgan fingerprint density at radius 3 is 2.60 bits per heavy atom. The number of halogens is 1. The maximum atomic E-state index is 11.9. The van der Waals surface area contributed by atoms with Gasteiger partial charge in [0, 0.05) is 18.0 Å². The summed E-state index contributed by atoms with van der Waals surface area (Å²) < 4.78 is 6.28. The molecule has 0 radical (unpaired) electrons. The van der Waals surface area contributed by atoms with Gasteiger partial charge in [0.25, 0.3) is 5.56 Å². The number of rotatable bonds is 4. The molecule has 1 N–H and O–H groups in total. The molecular formula is C14H13ClN2O3. The highest BCUT2D eigenvalue weighted by atomic mass is 35.5. The number of hydrogen-bond donors (Lipinski definition) is 1. The zero-order valence-electron chi connectivity index (χ0n) is 10.8. The van der Waals surface area contributed by atoms with Gasteiger partial charge in [-0.2, -0.15) is 0 Å². The SMILES string of the molecule is COc1ccc(NC(=O)Cn2cc(Cl)ccc2=O)cc1. The van der Waals surface area contributed by atoms with Crippen molar-refractivity contribution in [2.75, 3.05) is 12.4 Å². The Morgan fingerprint density at radius 1 is 1.25 bits per heavy atom. The first-order valence-corrected chi connectivity index (χ1v) is 6.26. The van der Waals surface area contributed by atoms with Crippen LogP contribution < -0.4 is 15.6 Å². The van der Waals surface area contributed by atoms with E-state index in [1.165, 1.54) is 22.9 Å². The average Bonchev–Trinajstić information content (AvgIpc) is 2.43. The molecule has 20 heavy (non-hydrogen) atoms. The van der Waals surface area contributed by atoms with Crippen molar-refractivity contribution in [3.8, 4) is 5.75 Å². The van der Waals surface area contributed by atoms with Gasteiger partial charge >= 0.3 is 0 Å². The highest BCUT2D eigenvalue weighted by Gasteiger charge is 2.05. The molecule has 0 bridgehead atoms. The van der Waals surface area contributed by atoms with E-state index in [4.69, 9.17) is 16.3 Å². The number of methoxy groups -OCH3 is 1. The molecule has 0 aliphatic carbocycles. The molecule has 1 heterocycles. The third-order valence-electron chi connectivity index (χ3n) is 2.64. The zero-order valence-corrected chi connectivity index (χ0v) is 11.6. The van der Waals surface area contributed by atoms with Gasteiger partial charge < -0.3 is 14.6 Å². The summed E-state index contributed by atoms with van der Waals surface area (Å²) in [5.74, 6) is 0.397. The number of anilines is 1. The highest BCUT2D eigenvalue weighted by molar-refractivity contribution is 6.30. The van der Waals surface area contributed by atoms with Gasteiger partial charge in [0.2, 0.25) is 5.91 Å². The molecule has 1 aromatic carbocycles. The van der Waals surface area contributed by atoms with Gasteiger partial charge in [0.05, 0.1) is 12.1 Å². The van der Waals surface area contributed by atoms with Gasteiger partial charge in [0.1, 0.15) is 12.3 Å². The summed E-state index contributed by atoms with van der Waals surface area (Å²) in [6, 6.07) is 9.72. The number of benzene rings is 1. The number of nitrogens with zero attached hydrogens (tertiary/aromatic N) is 1. The summed E-state index contributed by atoms with van der Waals surface area (Å²) in [6.07, 6.45) is 1.43. The first-order chi connectivity index (χ1) is 9.58. The van der Waals surface area contributed by atoms with Crippen LogP contribution in [-0.2, 0) is 11.3 Å². The Bertz CT molecular complexity index is 665. The number of pyridine rings is 1. The summed E-state index contributed by atoms with van der Waals surface area (Å²) in [5.41, 5.74) is 0.352. The first kappa shape index (κ1) is 14.1. The van der Waals surface area contributed by atoms with Gasteiger partial charge in [-0.15, -0.1) is 0 Å². The molecule has 2 rings (SSSR count). The van der Waals surface area contributed by atoms with Gasteiger partial charge in [-0.3, -0.25) is 9.59 Å². The van der Waals surface area contributed by atoms with E-state index in [0.29, 0.717) is 16.5 Å². The fourth-order valence-electron chi connectivity index (χ4n) is 1.66. The van der Waals surface area contributed by atoms with Crippen LogP contribution in [0, 0.1) is 0 Å². The van der Waals surface area contributed by atoms with E-state index < -0.39 is 0 Å². The van der Waals surface area contributed by atoms with E-state index in [1.807, 2.05) is 0 Å². The van der Waals surface area contributed by atoms with E-state index in [0.717, 1.165) is 0 Å². The molecule has 0 aliphatic heterocycles. The summed E-state index contributed by atoms with van der Waals surface area (Å²) in [6.45, 7) is -0.0918. The number of carbonyl (C=O) groups excluding carboxylic acids is 1. The minimum Gasteiger partial charge on any atom is -0.497 e. The van der Waals surface area contributed by atoms with Crippen molar-refractivity contribution < 1.29 is 9.53 Å². The molecular weight excluding hydrogens is 280 g/mol.